The zero-order valence-electron chi connectivity index (χ0n) is 10.6. The summed E-state index contributed by atoms with van der Waals surface area (Å²) < 4.78 is 20.9. The average Bonchev–Trinajstić information content (AvgIpc) is 2.75. The quantitative estimate of drug-likeness (QED) is 0.876. The smallest absolute Gasteiger partial charge is 0.165 e. The van der Waals surface area contributed by atoms with Crippen LogP contribution in [-0.4, -0.2) is 14.8 Å². The summed E-state index contributed by atoms with van der Waals surface area (Å²) in [6.45, 7) is 4.22. The van der Waals surface area contributed by atoms with Crippen LogP contribution in [0.15, 0.2) is 22.9 Å². The number of benzene rings is 1. The van der Waals surface area contributed by atoms with Crippen molar-refractivity contribution >= 4 is 21.6 Å². The molecule has 0 aliphatic rings. The lowest BCUT2D eigenvalue weighted by Crippen LogP contribution is -2.11. The standard InChI is InChI=1S/C12H14BrFN4O/c1-7(2)18-11(16-6-17-18)5-19-12-9(13)3-8(14)4-10(12)15/h3-4,6-7H,5,15H2,1-2H3. The number of halogens is 2. The van der Waals surface area contributed by atoms with Crippen molar-refractivity contribution in [3.63, 3.8) is 0 Å². The molecule has 2 aromatic rings. The number of nitrogen functional groups attached to an aromatic ring is 1. The molecule has 1 heterocycles. The second kappa shape index (κ2) is 5.56. The second-order valence-electron chi connectivity index (χ2n) is 4.31. The summed E-state index contributed by atoms with van der Waals surface area (Å²) in [5.74, 6) is 0.674. The monoisotopic (exact) mass is 328 g/mol. The minimum Gasteiger partial charge on any atom is -0.482 e. The van der Waals surface area contributed by atoms with Crippen LogP contribution in [0.5, 0.6) is 5.75 Å². The minimum atomic E-state index is -0.415. The fraction of sp³-hybridized carbons (Fsp3) is 0.333. The summed E-state index contributed by atoms with van der Waals surface area (Å²) in [5.41, 5.74) is 5.96. The molecule has 0 atom stereocenters. The van der Waals surface area contributed by atoms with Gasteiger partial charge >= 0.3 is 0 Å². The van der Waals surface area contributed by atoms with Gasteiger partial charge in [-0.25, -0.2) is 14.1 Å². The van der Waals surface area contributed by atoms with Gasteiger partial charge in [0.25, 0.3) is 0 Å². The lowest BCUT2D eigenvalue weighted by atomic mass is 10.3. The van der Waals surface area contributed by atoms with Crippen molar-refractivity contribution in [2.45, 2.75) is 26.5 Å². The molecule has 0 saturated carbocycles. The predicted molar refractivity (Wildman–Crippen MR) is 73.3 cm³/mol. The predicted octanol–water partition coefficient (Wildman–Crippen LogP) is 2.92. The van der Waals surface area contributed by atoms with Gasteiger partial charge in [-0.1, -0.05) is 0 Å². The Kier molecular flexibility index (Phi) is 4.04. The maximum absolute atomic E-state index is 13.1. The maximum atomic E-state index is 13.1. The number of nitrogens with zero attached hydrogens (tertiary/aromatic N) is 3. The Bertz CT molecular complexity index is 562. The number of anilines is 1. The van der Waals surface area contributed by atoms with Crippen molar-refractivity contribution in [1.29, 1.82) is 0 Å². The summed E-state index contributed by atoms with van der Waals surface area (Å²) in [6, 6.07) is 2.71. The van der Waals surface area contributed by atoms with Gasteiger partial charge in [0.1, 0.15) is 18.8 Å². The third-order valence-electron chi connectivity index (χ3n) is 2.52. The van der Waals surface area contributed by atoms with Crippen LogP contribution in [0.1, 0.15) is 25.7 Å². The molecule has 0 spiro atoms. The highest BCUT2D eigenvalue weighted by Gasteiger charge is 2.12. The number of hydrogen-bond donors (Lipinski definition) is 1. The van der Waals surface area contributed by atoms with E-state index in [2.05, 4.69) is 26.0 Å². The van der Waals surface area contributed by atoms with Gasteiger partial charge in [0, 0.05) is 12.1 Å². The Hall–Kier alpha value is -1.63. The topological polar surface area (TPSA) is 66.0 Å². The van der Waals surface area contributed by atoms with Crippen molar-refractivity contribution < 1.29 is 9.13 Å². The van der Waals surface area contributed by atoms with Crippen LogP contribution < -0.4 is 10.5 Å². The Labute approximate surface area is 118 Å². The third kappa shape index (κ3) is 3.04. The van der Waals surface area contributed by atoms with E-state index in [0.29, 0.717) is 16.0 Å². The van der Waals surface area contributed by atoms with Crippen LogP contribution in [0.25, 0.3) is 0 Å². The first-order chi connectivity index (χ1) is 8.99. The maximum Gasteiger partial charge on any atom is 0.165 e. The molecule has 0 saturated heterocycles. The Balaban J connectivity index is 2.17. The number of hydrogen-bond acceptors (Lipinski definition) is 4. The highest BCUT2D eigenvalue weighted by molar-refractivity contribution is 9.10. The molecule has 0 amide bonds. The van der Waals surface area contributed by atoms with E-state index >= 15 is 0 Å². The van der Waals surface area contributed by atoms with Crippen molar-refractivity contribution in [3.8, 4) is 5.75 Å². The van der Waals surface area contributed by atoms with Crippen molar-refractivity contribution in [2.24, 2.45) is 0 Å². The van der Waals surface area contributed by atoms with Gasteiger partial charge in [-0.05, 0) is 35.8 Å². The van der Waals surface area contributed by atoms with Crippen molar-refractivity contribution in [3.05, 3.63) is 34.6 Å². The summed E-state index contributed by atoms with van der Waals surface area (Å²) in [6.07, 6.45) is 1.47. The number of aromatic nitrogens is 3. The van der Waals surface area contributed by atoms with Crippen LogP contribution in [-0.2, 0) is 6.61 Å². The molecule has 7 heteroatoms. The van der Waals surface area contributed by atoms with E-state index in [1.54, 1.807) is 4.68 Å². The molecule has 102 valence electrons. The molecule has 1 aromatic carbocycles. The second-order valence-corrected chi connectivity index (χ2v) is 5.16. The number of rotatable bonds is 4. The molecular formula is C12H14BrFN4O. The van der Waals surface area contributed by atoms with E-state index in [0.717, 1.165) is 0 Å². The van der Waals surface area contributed by atoms with Gasteiger partial charge in [0.15, 0.2) is 11.6 Å². The molecule has 5 nitrogen and oxygen atoms in total. The first kappa shape index (κ1) is 13.8. The van der Waals surface area contributed by atoms with Crippen molar-refractivity contribution in [2.75, 3.05) is 5.73 Å². The van der Waals surface area contributed by atoms with E-state index in [-0.39, 0.29) is 18.3 Å². The first-order valence-corrected chi connectivity index (χ1v) is 6.54. The Morgan fingerprint density at radius 2 is 2.21 bits per heavy atom. The van der Waals surface area contributed by atoms with Crippen LogP contribution in [0.2, 0.25) is 0 Å². The fourth-order valence-electron chi connectivity index (χ4n) is 1.68. The van der Waals surface area contributed by atoms with Gasteiger partial charge in [0.2, 0.25) is 0 Å². The zero-order chi connectivity index (χ0) is 14.0. The van der Waals surface area contributed by atoms with E-state index < -0.39 is 5.82 Å². The normalized spacial score (nSPS) is 11.0. The highest BCUT2D eigenvalue weighted by Crippen LogP contribution is 2.32. The van der Waals surface area contributed by atoms with Crippen LogP contribution in [0.4, 0.5) is 10.1 Å². The number of ether oxygens (including phenoxy) is 1. The zero-order valence-corrected chi connectivity index (χ0v) is 12.2. The Morgan fingerprint density at radius 3 is 2.84 bits per heavy atom. The SMILES string of the molecule is CC(C)n1ncnc1COc1c(N)cc(F)cc1Br. The molecular weight excluding hydrogens is 315 g/mol. The molecule has 0 aliphatic heterocycles. The van der Waals surface area contributed by atoms with E-state index in [1.165, 1.54) is 18.5 Å². The van der Waals surface area contributed by atoms with Crippen molar-refractivity contribution in [1.82, 2.24) is 14.8 Å². The molecule has 19 heavy (non-hydrogen) atoms. The minimum absolute atomic E-state index is 0.190. The molecule has 0 unspecified atom stereocenters. The third-order valence-corrected chi connectivity index (χ3v) is 3.11. The van der Waals surface area contributed by atoms with Crippen LogP contribution >= 0.6 is 15.9 Å². The first-order valence-electron chi connectivity index (χ1n) is 5.74. The van der Waals surface area contributed by atoms with Gasteiger partial charge in [-0.2, -0.15) is 5.10 Å². The van der Waals surface area contributed by atoms with Gasteiger partial charge in [0.05, 0.1) is 10.2 Å². The van der Waals surface area contributed by atoms with E-state index in [9.17, 15) is 4.39 Å². The summed E-state index contributed by atoms with van der Waals surface area (Å²) in [5, 5.41) is 4.11. The molecule has 1 aromatic heterocycles. The largest absolute Gasteiger partial charge is 0.482 e. The molecule has 2 N–H and O–H groups in total. The highest BCUT2D eigenvalue weighted by atomic mass is 79.9. The summed E-state index contributed by atoms with van der Waals surface area (Å²) in [4.78, 5) is 4.13. The van der Waals surface area contributed by atoms with Gasteiger partial charge in [-0.3, -0.25) is 0 Å². The van der Waals surface area contributed by atoms with Crippen LogP contribution in [0.3, 0.4) is 0 Å². The molecule has 2 rings (SSSR count). The Morgan fingerprint density at radius 1 is 1.47 bits per heavy atom. The lowest BCUT2D eigenvalue weighted by molar-refractivity contribution is 0.282. The molecule has 0 aliphatic carbocycles. The molecule has 0 radical (unpaired) electrons. The summed E-state index contributed by atoms with van der Waals surface area (Å²) >= 11 is 3.22. The van der Waals surface area contributed by atoms with Gasteiger partial charge < -0.3 is 10.5 Å². The average molecular weight is 329 g/mol. The van der Waals surface area contributed by atoms with Crippen LogP contribution in [0, 0.1) is 5.82 Å². The lowest BCUT2D eigenvalue weighted by Gasteiger charge is -2.13. The van der Waals surface area contributed by atoms with E-state index in [1.807, 2.05) is 13.8 Å². The number of nitrogens with two attached hydrogens (primary N) is 1. The van der Waals surface area contributed by atoms with E-state index in [4.69, 9.17) is 10.5 Å². The van der Waals surface area contributed by atoms with Gasteiger partial charge in [-0.15, -0.1) is 0 Å². The molecule has 0 bridgehead atoms. The fourth-order valence-corrected chi connectivity index (χ4v) is 2.24. The molecule has 0 fully saturated rings. The summed E-state index contributed by atoms with van der Waals surface area (Å²) in [7, 11) is 0.